The topological polar surface area (TPSA) is 29.5 Å². The molecular formula is C17H18Cl2O2. The Balaban J connectivity index is 1.68. The molecule has 0 saturated heterocycles. The van der Waals surface area contributed by atoms with Gasteiger partial charge >= 0.3 is 0 Å². The van der Waals surface area contributed by atoms with E-state index >= 15 is 0 Å². The zero-order valence-electron chi connectivity index (χ0n) is 11.7. The van der Waals surface area contributed by atoms with Crippen molar-refractivity contribution in [2.24, 2.45) is 0 Å². The zero-order chi connectivity index (χ0) is 15.1. The van der Waals surface area contributed by atoms with Crippen LogP contribution in [0.4, 0.5) is 0 Å². The molecule has 4 heteroatoms. The number of phenolic OH excluding ortho intramolecular Hbond substituents is 1. The molecule has 0 unspecified atom stereocenters. The molecule has 0 atom stereocenters. The number of aromatic hydroxyl groups is 1. The highest BCUT2D eigenvalue weighted by Crippen LogP contribution is 2.36. The second-order valence-electron chi connectivity index (χ2n) is 4.88. The van der Waals surface area contributed by atoms with Crippen LogP contribution in [0.2, 0.25) is 10.0 Å². The van der Waals surface area contributed by atoms with Crippen LogP contribution in [0.15, 0.2) is 42.5 Å². The van der Waals surface area contributed by atoms with Crippen LogP contribution in [0.1, 0.15) is 24.8 Å². The maximum Gasteiger partial charge on any atom is 0.156 e. The van der Waals surface area contributed by atoms with Crippen molar-refractivity contribution in [2.45, 2.75) is 25.7 Å². The number of unbranched alkanes of at least 4 members (excludes halogenated alkanes) is 2. The van der Waals surface area contributed by atoms with Gasteiger partial charge in [0.25, 0.3) is 0 Å². The Morgan fingerprint density at radius 2 is 1.57 bits per heavy atom. The molecule has 0 heterocycles. The molecule has 2 aromatic rings. The molecule has 0 saturated carbocycles. The molecule has 1 N–H and O–H groups in total. The van der Waals surface area contributed by atoms with E-state index in [2.05, 4.69) is 24.3 Å². The number of benzene rings is 2. The van der Waals surface area contributed by atoms with Crippen molar-refractivity contribution in [3.63, 3.8) is 0 Å². The summed E-state index contributed by atoms with van der Waals surface area (Å²) in [5, 5.41) is 10.0. The molecule has 0 aliphatic rings. The molecule has 0 radical (unpaired) electrons. The summed E-state index contributed by atoms with van der Waals surface area (Å²) in [5.41, 5.74) is 1.36. The minimum Gasteiger partial charge on any atom is -0.508 e. The number of rotatable bonds is 7. The molecule has 2 aromatic carbocycles. The molecule has 0 aliphatic carbocycles. The predicted molar refractivity (Wildman–Crippen MR) is 87.6 cm³/mol. The summed E-state index contributed by atoms with van der Waals surface area (Å²) < 4.78 is 5.60. The Labute approximate surface area is 135 Å². The molecule has 0 aliphatic heterocycles. The van der Waals surface area contributed by atoms with Crippen LogP contribution in [0, 0.1) is 0 Å². The van der Waals surface area contributed by atoms with Crippen LogP contribution < -0.4 is 4.74 Å². The average Bonchev–Trinajstić information content (AvgIpc) is 2.45. The first-order valence-electron chi connectivity index (χ1n) is 7.01. The van der Waals surface area contributed by atoms with Crippen molar-refractivity contribution in [1.82, 2.24) is 0 Å². The Morgan fingerprint density at radius 3 is 2.24 bits per heavy atom. The highest BCUT2D eigenvalue weighted by atomic mass is 35.5. The van der Waals surface area contributed by atoms with Gasteiger partial charge in [-0.05, 0) is 31.2 Å². The standard InChI is InChI=1S/C17H18Cl2O2/c18-15-11-14(20)12-16(19)17(15)21-10-6-2-5-9-13-7-3-1-4-8-13/h1,3-4,7-8,11-12,20H,2,5-6,9-10H2. The third-order valence-electron chi connectivity index (χ3n) is 3.18. The van der Waals surface area contributed by atoms with Gasteiger partial charge in [-0.3, -0.25) is 0 Å². The summed E-state index contributed by atoms with van der Waals surface area (Å²) in [6.45, 7) is 0.568. The molecule has 21 heavy (non-hydrogen) atoms. The summed E-state index contributed by atoms with van der Waals surface area (Å²) in [5.74, 6) is 0.486. The van der Waals surface area contributed by atoms with Gasteiger partial charge in [0.05, 0.1) is 16.7 Å². The SMILES string of the molecule is Oc1cc(Cl)c(OCCCCCc2ccccc2)c(Cl)c1. The molecule has 112 valence electrons. The second kappa shape index (κ2) is 8.16. The Kier molecular flexibility index (Phi) is 6.21. The molecular weight excluding hydrogens is 307 g/mol. The summed E-state index contributed by atoms with van der Waals surface area (Å²) >= 11 is 12.0. The van der Waals surface area contributed by atoms with Gasteiger partial charge in [0.15, 0.2) is 5.75 Å². The van der Waals surface area contributed by atoms with Crippen LogP contribution >= 0.6 is 23.2 Å². The lowest BCUT2D eigenvalue weighted by atomic mass is 10.1. The lowest BCUT2D eigenvalue weighted by Gasteiger charge is -2.10. The number of aryl methyl sites for hydroxylation is 1. The third-order valence-corrected chi connectivity index (χ3v) is 3.74. The summed E-state index contributed by atoms with van der Waals surface area (Å²) in [4.78, 5) is 0. The highest BCUT2D eigenvalue weighted by Gasteiger charge is 2.09. The largest absolute Gasteiger partial charge is 0.508 e. The minimum absolute atomic E-state index is 0.0419. The van der Waals surface area contributed by atoms with Gasteiger partial charge in [-0.1, -0.05) is 53.5 Å². The fraction of sp³-hybridized carbons (Fsp3) is 0.294. The van der Waals surface area contributed by atoms with Crippen molar-refractivity contribution in [1.29, 1.82) is 0 Å². The number of hydrogen-bond donors (Lipinski definition) is 1. The van der Waals surface area contributed by atoms with Gasteiger partial charge < -0.3 is 9.84 Å². The van der Waals surface area contributed by atoms with Crippen molar-refractivity contribution in [3.8, 4) is 11.5 Å². The van der Waals surface area contributed by atoms with E-state index in [1.54, 1.807) is 0 Å². The molecule has 0 bridgehead atoms. The van der Waals surface area contributed by atoms with Crippen LogP contribution in [0.3, 0.4) is 0 Å². The Hall–Kier alpha value is -1.38. The van der Waals surface area contributed by atoms with Crippen LogP contribution in [-0.4, -0.2) is 11.7 Å². The predicted octanol–water partition coefficient (Wildman–Crippen LogP) is 5.49. The van der Waals surface area contributed by atoms with Gasteiger partial charge in [0, 0.05) is 12.1 Å². The lowest BCUT2D eigenvalue weighted by Crippen LogP contribution is -1.99. The number of phenols is 1. The van der Waals surface area contributed by atoms with Crippen molar-refractivity contribution in [2.75, 3.05) is 6.61 Å². The van der Waals surface area contributed by atoms with E-state index in [0.717, 1.165) is 25.7 Å². The van der Waals surface area contributed by atoms with Crippen LogP contribution in [0.5, 0.6) is 11.5 Å². The van der Waals surface area contributed by atoms with Crippen LogP contribution in [-0.2, 0) is 6.42 Å². The maximum atomic E-state index is 9.34. The first kappa shape index (κ1) is 16.0. The quantitative estimate of drug-likeness (QED) is 0.682. The molecule has 0 fully saturated rings. The van der Waals surface area contributed by atoms with E-state index in [9.17, 15) is 5.11 Å². The first-order valence-corrected chi connectivity index (χ1v) is 7.77. The fourth-order valence-corrected chi connectivity index (χ4v) is 2.70. The van der Waals surface area contributed by atoms with Gasteiger partial charge in [-0.25, -0.2) is 0 Å². The minimum atomic E-state index is 0.0419. The normalized spacial score (nSPS) is 10.6. The Morgan fingerprint density at radius 1 is 0.905 bits per heavy atom. The first-order chi connectivity index (χ1) is 10.2. The van der Waals surface area contributed by atoms with E-state index in [1.807, 2.05) is 6.07 Å². The molecule has 0 aromatic heterocycles. The van der Waals surface area contributed by atoms with Gasteiger partial charge in [-0.2, -0.15) is 0 Å². The number of halogens is 2. The van der Waals surface area contributed by atoms with E-state index in [-0.39, 0.29) is 5.75 Å². The average molecular weight is 325 g/mol. The van der Waals surface area contributed by atoms with E-state index < -0.39 is 0 Å². The fourth-order valence-electron chi connectivity index (χ4n) is 2.11. The van der Waals surface area contributed by atoms with Gasteiger partial charge in [0.2, 0.25) is 0 Å². The van der Waals surface area contributed by atoms with Crippen LogP contribution in [0.25, 0.3) is 0 Å². The van der Waals surface area contributed by atoms with Gasteiger partial charge in [0.1, 0.15) is 5.75 Å². The van der Waals surface area contributed by atoms with E-state index in [1.165, 1.54) is 17.7 Å². The number of hydrogen-bond acceptors (Lipinski definition) is 2. The second-order valence-corrected chi connectivity index (χ2v) is 5.70. The maximum absolute atomic E-state index is 9.34. The smallest absolute Gasteiger partial charge is 0.156 e. The van der Waals surface area contributed by atoms with Crippen molar-refractivity contribution >= 4 is 23.2 Å². The molecule has 2 nitrogen and oxygen atoms in total. The van der Waals surface area contributed by atoms with E-state index in [0.29, 0.717) is 22.4 Å². The van der Waals surface area contributed by atoms with Gasteiger partial charge in [-0.15, -0.1) is 0 Å². The van der Waals surface area contributed by atoms with Crippen molar-refractivity contribution < 1.29 is 9.84 Å². The lowest BCUT2D eigenvalue weighted by molar-refractivity contribution is 0.305. The summed E-state index contributed by atoms with van der Waals surface area (Å²) in [6.07, 6.45) is 4.24. The molecule has 0 amide bonds. The third kappa shape index (κ3) is 5.14. The monoisotopic (exact) mass is 324 g/mol. The zero-order valence-corrected chi connectivity index (χ0v) is 13.2. The Bertz CT molecular complexity index is 547. The van der Waals surface area contributed by atoms with Crippen molar-refractivity contribution in [3.05, 3.63) is 58.1 Å². The van der Waals surface area contributed by atoms with E-state index in [4.69, 9.17) is 27.9 Å². The molecule has 0 spiro atoms. The number of ether oxygens (including phenoxy) is 1. The highest BCUT2D eigenvalue weighted by molar-refractivity contribution is 6.37. The summed E-state index contributed by atoms with van der Waals surface area (Å²) in [6, 6.07) is 13.3. The molecule has 2 rings (SSSR count). The summed E-state index contributed by atoms with van der Waals surface area (Å²) in [7, 11) is 0.